The topological polar surface area (TPSA) is 0 Å². The fourth-order valence-corrected chi connectivity index (χ4v) is 3.04. The molecule has 0 unspecified atom stereocenters. The quantitative estimate of drug-likeness (QED) is 0.424. The molecule has 0 aromatic heterocycles. The van der Waals surface area contributed by atoms with Crippen LogP contribution in [-0.2, 0) is 6.42 Å². The van der Waals surface area contributed by atoms with Gasteiger partial charge in [0.2, 0.25) is 0 Å². The minimum absolute atomic E-state index is 0.290. The Kier molecular flexibility index (Phi) is 5.60. The largest absolute Gasteiger partial charge is 0.206 e. The monoisotopic (exact) mass is 336 g/mol. The highest BCUT2D eigenvalue weighted by atomic mass is 19.1. The number of benzene rings is 3. The van der Waals surface area contributed by atoms with E-state index in [1.807, 2.05) is 18.2 Å². The van der Waals surface area contributed by atoms with Gasteiger partial charge in [-0.1, -0.05) is 74.4 Å². The Bertz CT molecular complexity index is 835. The van der Waals surface area contributed by atoms with E-state index in [0.717, 1.165) is 17.5 Å². The van der Waals surface area contributed by atoms with E-state index in [9.17, 15) is 8.78 Å². The van der Waals surface area contributed by atoms with Crippen LogP contribution in [-0.4, -0.2) is 0 Å². The van der Waals surface area contributed by atoms with Crippen molar-refractivity contribution >= 4 is 0 Å². The first kappa shape index (κ1) is 17.3. The number of halogens is 2. The molecule has 0 aliphatic rings. The van der Waals surface area contributed by atoms with Gasteiger partial charge in [-0.05, 0) is 41.7 Å². The molecular weight excluding hydrogens is 314 g/mol. The molecule has 0 fully saturated rings. The maximum absolute atomic E-state index is 14.5. The summed E-state index contributed by atoms with van der Waals surface area (Å²) in [4.78, 5) is 0. The minimum atomic E-state index is -0.411. The van der Waals surface area contributed by atoms with Crippen molar-refractivity contribution < 1.29 is 8.78 Å². The summed E-state index contributed by atoms with van der Waals surface area (Å²) in [6.45, 7) is 2.20. The Morgan fingerprint density at radius 3 is 2.04 bits per heavy atom. The van der Waals surface area contributed by atoms with Crippen LogP contribution in [0, 0.1) is 11.6 Å². The Morgan fingerprint density at radius 1 is 0.680 bits per heavy atom. The summed E-state index contributed by atoms with van der Waals surface area (Å²) in [7, 11) is 0. The van der Waals surface area contributed by atoms with Gasteiger partial charge < -0.3 is 0 Å². The molecule has 3 rings (SSSR count). The second-order valence-corrected chi connectivity index (χ2v) is 6.33. The van der Waals surface area contributed by atoms with Gasteiger partial charge in [-0.25, -0.2) is 8.78 Å². The lowest BCUT2D eigenvalue weighted by Gasteiger charge is -2.09. The van der Waals surface area contributed by atoms with Crippen LogP contribution in [0.2, 0.25) is 0 Å². The first-order valence-corrected chi connectivity index (χ1v) is 8.83. The second kappa shape index (κ2) is 8.06. The Balaban J connectivity index is 1.82. The molecule has 0 radical (unpaired) electrons. The molecule has 25 heavy (non-hydrogen) atoms. The van der Waals surface area contributed by atoms with E-state index in [1.165, 1.54) is 37.0 Å². The van der Waals surface area contributed by atoms with Gasteiger partial charge in [0.15, 0.2) is 0 Å². The molecule has 0 N–H and O–H groups in total. The van der Waals surface area contributed by atoms with Crippen LogP contribution in [0.15, 0.2) is 66.7 Å². The van der Waals surface area contributed by atoms with Gasteiger partial charge in [0.25, 0.3) is 0 Å². The minimum Gasteiger partial charge on any atom is -0.206 e. The molecule has 0 saturated carbocycles. The molecule has 0 heterocycles. The molecule has 0 saturated heterocycles. The molecule has 0 atom stereocenters. The van der Waals surface area contributed by atoms with Crippen molar-refractivity contribution in [3.8, 4) is 22.3 Å². The summed E-state index contributed by atoms with van der Waals surface area (Å²) < 4.78 is 28.4. The molecule has 3 aromatic carbocycles. The molecule has 3 aromatic rings. The molecule has 0 aliphatic carbocycles. The van der Waals surface area contributed by atoms with E-state index in [2.05, 4.69) is 19.1 Å². The normalized spacial score (nSPS) is 10.8. The van der Waals surface area contributed by atoms with Gasteiger partial charge in [-0.2, -0.15) is 0 Å². The highest BCUT2D eigenvalue weighted by molar-refractivity contribution is 5.71. The van der Waals surface area contributed by atoms with Crippen molar-refractivity contribution in [3.05, 3.63) is 83.9 Å². The van der Waals surface area contributed by atoms with Crippen LogP contribution >= 0.6 is 0 Å². The third-order valence-corrected chi connectivity index (χ3v) is 4.49. The van der Waals surface area contributed by atoms with Crippen LogP contribution in [0.3, 0.4) is 0 Å². The summed E-state index contributed by atoms with van der Waals surface area (Å²) in [6, 6.07) is 19.5. The van der Waals surface area contributed by atoms with Crippen LogP contribution in [0.5, 0.6) is 0 Å². The first-order chi connectivity index (χ1) is 12.2. The number of unbranched alkanes of at least 4 members (excludes halogenated alkanes) is 2. The summed E-state index contributed by atoms with van der Waals surface area (Å²) in [5.41, 5.74) is 3.66. The third kappa shape index (κ3) is 4.14. The highest BCUT2D eigenvalue weighted by Crippen LogP contribution is 2.29. The van der Waals surface area contributed by atoms with Crippen LogP contribution in [0.1, 0.15) is 31.7 Å². The Labute approximate surface area is 148 Å². The number of aryl methyl sites for hydroxylation is 1. The van der Waals surface area contributed by atoms with Crippen molar-refractivity contribution in [2.45, 2.75) is 32.6 Å². The van der Waals surface area contributed by atoms with Crippen molar-refractivity contribution in [1.82, 2.24) is 0 Å². The van der Waals surface area contributed by atoms with E-state index in [1.54, 1.807) is 24.3 Å². The molecule has 2 heteroatoms. The smallest absolute Gasteiger partial charge is 0.131 e. The summed E-state index contributed by atoms with van der Waals surface area (Å²) in [5.74, 6) is -0.819. The van der Waals surface area contributed by atoms with Crippen LogP contribution in [0.25, 0.3) is 22.3 Å². The molecule has 0 spiro atoms. The first-order valence-electron chi connectivity index (χ1n) is 8.83. The maximum atomic E-state index is 14.5. The van der Waals surface area contributed by atoms with Crippen molar-refractivity contribution in [2.75, 3.05) is 0 Å². The third-order valence-electron chi connectivity index (χ3n) is 4.49. The van der Waals surface area contributed by atoms with Gasteiger partial charge in [-0.3, -0.25) is 0 Å². The summed E-state index contributed by atoms with van der Waals surface area (Å²) in [5, 5.41) is 0. The fourth-order valence-electron chi connectivity index (χ4n) is 3.04. The summed E-state index contributed by atoms with van der Waals surface area (Å²) >= 11 is 0. The highest BCUT2D eigenvalue weighted by Gasteiger charge is 2.11. The van der Waals surface area contributed by atoms with E-state index in [4.69, 9.17) is 0 Å². The number of hydrogen-bond acceptors (Lipinski definition) is 0. The van der Waals surface area contributed by atoms with E-state index >= 15 is 0 Å². The van der Waals surface area contributed by atoms with Crippen molar-refractivity contribution in [1.29, 1.82) is 0 Å². The van der Waals surface area contributed by atoms with Crippen LogP contribution in [0.4, 0.5) is 8.78 Å². The Hall–Kier alpha value is -2.48. The average molecular weight is 336 g/mol. The lowest BCUT2D eigenvalue weighted by molar-refractivity contribution is 0.616. The summed E-state index contributed by atoms with van der Waals surface area (Å²) in [6.07, 6.45) is 4.73. The maximum Gasteiger partial charge on any atom is 0.131 e. The SMILES string of the molecule is CCCCCc1ccc(-c2ccc(-c3ccccc3F)c(F)c2)cc1. The number of rotatable bonds is 6. The van der Waals surface area contributed by atoms with Crippen molar-refractivity contribution in [3.63, 3.8) is 0 Å². The van der Waals surface area contributed by atoms with E-state index in [-0.39, 0.29) is 11.1 Å². The van der Waals surface area contributed by atoms with Crippen LogP contribution < -0.4 is 0 Å². The van der Waals surface area contributed by atoms with Gasteiger partial charge >= 0.3 is 0 Å². The predicted molar refractivity (Wildman–Crippen MR) is 100 cm³/mol. The molecule has 0 amide bonds. The number of hydrogen-bond donors (Lipinski definition) is 0. The zero-order chi connectivity index (χ0) is 17.6. The predicted octanol–water partition coefficient (Wildman–Crippen LogP) is 7.03. The molecule has 0 aliphatic heterocycles. The second-order valence-electron chi connectivity index (χ2n) is 6.33. The lowest BCUT2D eigenvalue weighted by atomic mass is 9.98. The average Bonchev–Trinajstić information content (AvgIpc) is 2.63. The van der Waals surface area contributed by atoms with Gasteiger partial charge in [-0.15, -0.1) is 0 Å². The van der Waals surface area contributed by atoms with Gasteiger partial charge in [0.1, 0.15) is 11.6 Å². The van der Waals surface area contributed by atoms with E-state index in [0.29, 0.717) is 0 Å². The van der Waals surface area contributed by atoms with E-state index < -0.39 is 11.6 Å². The Morgan fingerprint density at radius 2 is 1.36 bits per heavy atom. The van der Waals surface area contributed by atoms with Gasteiger partial charge in [0, 0.05) is 11.1 Å². The van der Waals surface area contributed by atoms with Gasteiger partial charge in [0.05, 0.1) is 0 Å². The molecule has 0 nitrogen and oxygen atoms in total. The van der Waals surface area contributed by atoms with Crippen molar-refractivity contribution in [2.24, 2.45) is 0 Å². The molecule has 128 valence electrons. The molecular formula is C23H22F2. The standard InChI is InChI=1S/C23H22F2/c1-2-3-4-7-17-10-12-18(13-11-17)19-14-15-21(23(25)16-19)20-8-5-6-9-22(20)24/h5-6,8-16H,2-4,7H2,1H3. The molecule has 0 bridgehead atoms. The zero-order valence-corrected chi connectivity index (χ0v) is 14.4. The fraction of sp³-hybridized carbons (Fsp3) is 0.217. The zero-order valence-electron chi connectivity index (χ0n) is 14.4. The lowest BCUT2D eigenvalue weighted by Crippen LogP contribution is -1.90.